The van der Waals surface area contributed by atoms with Gasteiger partial charge in [0.15, 0.2) is 0 Å². The summed E-state index contributed by atoms with van der Waals surface area (Å²) in [7, 11) is 4.30. The number of nitrogens with zero attached hydrogens (tertiary/aromatic N) is 2. The van der Waals surface area contributed by atoms with Crippen molar-refractivity contribution in [2.75, 3.05) is 33.7 Å². The second-order valence-electron chi connectivity index (χ2n) is 4.96. The number of aliphatic hydroxyl groups excluding tert-OH is 1. The summed E-state index contributed by atoms with van der Waals surface area (Å²) < 4.78 is 0. The van der Waals surface area contributed by atoms with Gasteiger partial charge in [-0.15, -0.1) is 0 Å². The number of likely N-dealkylation sites (tertiary alicyclic amines) is 1. The molecule has 0 aromatic heterocycles. The first-order chi connectivity index (χ1) is 7.13. The molecule has 0 saturated carbocycles. The number of piperidine rings is 1. The van der Waals surface area contributed by atoms with E-state index in [2.05, 4.69) is 30.8 Å². The second-order valence-corrected chi connectivity index (χ2v) is 4.96. The number of hydrogen-bond donors (Lipinski definition) is 1. The molecule has 0 aliphatic carbocycles. The van der Waals surface area contributed by atoms with Gasteiger partial charge in [-0.25, -0.2) is 0 Å². The fraction of sp³-hybridized carbons (Fsp3) is 1.00. The standard InChI is InChI=1S/C12H26N2O/c1-4-6-12(15)10-14-8-5-7-11(9-14)13(2)3/h11-12,15H,4-10H2,1-3H3. The van der Waals surface area contributed by atoms with E-state index >= 15 is 0 Å². The Hall–Kier alpha value is -0.120. The van der Waals surface area contributed by atoms with Gasteiger partial charge in [-0.1, -0.05) is 13.3 Å². The Labute approximate surface area is 94.1 Å². The number of likely N-dealkylation sites (N-methyl/N-ethyl adjacent to an activating group) is 1. The summed E-state index contributed by atoms with van der Waals surface area (Å²) in [5.74, 6) is 0. The van der Waals surface area contributed by atoms with Gasteiger partial charge < -0.3 is 10.0 Å². The minimum atomic E-state index is -0.129. The van der Waals surface area contributed by atoms with Crippen LogP contribution in [0, 0.1) is 0 Å². The van der Waals surface area contributed by atoms with Crippen LogP contribution in [0.2, 0.25) is 0 Å². The van der Waals surface area contributed by atoms with Gasteiger partial charge in [0.25, 0.3) is 0 Å². The van der Waals surface area contributed by atoms with Gasteiger partial charge >= 0.3 is 0 Å². The quantitative estimate of drug-likeness (QED) is 0.744. The molecule has 1 fully saturated rings. The van der Waals surface area contributed by atoms with Crippen molar-refractivity contribution in [1.29, 1.82) is 0 Å². The number of aliphatic hydroxyl groups is 1. The predicted octanol–water partition coefficient (Wildman–Crippen LogP) is 1.17. The molecule has 0 aromatic rings. The number of β-amino-alcohol motifs (C(OH)–C–C–N with tert-alkyl or cyclic N) is 1. The largest absolute Gasteiger partial charge is 0.392 e. The van der Waals surface area contributed by atoms with Crippen molar-refractivity contribution >= 4 is 0 Å². The summed E-state index contributed by atoms with van der Waals surface area (Å²) >= 11 is 0. The van der Waals surface area contributed by atoms with Crippen LogP contribution in [0.5, 0.6) is 0 Å². The molecule has 90 valence electrons. The summed E-state index contributed by atoms with van der Waals surface area (Å²) in [6.45, 7) is 5.26. The van der Waals surface area contributed by atoms with Gasteiger partial charge in [0.2, 0.25) is 0 Å². The molecule has 3 nitrogen and oxygen atoms in total. The second kappa shape index (κ2) is 6.46. The van der Waals surface area contributed by atoms with Crippen LogP contribution >= 0.6 is 0 Å². The first-order valence-electron chi connectivity index (χ1n) is 6.20. The van der Waals surface area contributed by atoms with Gasteiger partial charge in [0.1, 0.15) is 0 Å². The predicted molar refractivity (Wildman–Crippen MR) is 64.1 cm³/mol. The van der Waals surface area contributed by atoms with Crippen LogP contribution in [0.15, 0.2) is 0 Å². The van der Waals surface area contributed by atoms with Gasteiger partial charge in [-0.05, 0) is 39.9 Å². The Morgan fingerprint density at radius 1 is 1.47 bits per heavy atom. The van der Waals surface area contributed by atoms with Crippen LogP contribution < -0.4 is 0 Å². The lowest BCUT2D eigenvalue weighted by atomic mass is 10.0. The van der Waals surface area contributed by atoms with Crippen molar-refractivity contribution < 1.29 is 5.11 Å². The summed E-state index contributed by atoms with van der Waals surface area (Å²) in [6.07, 6.45) is 4.44. The third kappa shape index (κ3) is 4.49. The van der Waals surface area contributed by atoms with Crippen LogP contribution in [-0.4, -0.2) is 60.8 Å². The van der Waals surface area contributed by atoms with E-state index in [0.717, 1.165) is 32.5 Å². The first kappa shape index (κ1) is 12.9. The summed E-state index contributed by atoms with van der Waals surface area (Å²) in [5, 5.41) is 9.77. The third-order valence-corrected chi connectivity index (χ3v) is 3.30. The van der Waals surface area contributed by atoms with Gasteiger partial charge in [-0.2, -0.15) is 0 Å². The summed E-state index contributed by atoms with van der Waals surface area (Å²) in [4.78, 5) is 4.72. The fourth-order valence-electron chi connectivity index (χ4n) is 2.34. The monoisotopic (exact) mass is 214 g/mol. The average Bonchev–Trinajstić information content (AvgIpc) is 2.18. The van der Waals surface area contributed by atoms with Gasteiger partial charge in [0, 0.05) is 19.1 Å². The van der Waals surface area contributed by atoms with Crippen LogP contribution in [-0.2, 0) is 0 Å². The highest BCUT2D eigenvalue weighted by Crippen LogP contribution is 2.14. The highest BCUT2D eigenvalue weighted by molar-refractivity contribution is 4.79. The van der Waals surface area contributed by atoms with Gasteiger partial charge in [-0.3, -0.25) is 4.90 Å². The molecule has 0 amide bonds. The molecule has 1 heterocycles. The lowest BCUT2D eigenvalue weighted by Gasteiger charge is -2.36. The number of rotatable bonds is 5. The van der Waals surface area contributed by atoms with Crippen molar-refractivity contribution in [3.05, 3.63) is 0 Å². The SMILES string of the molecule is CCCC(O)CN1CCCC(N(C)C)C1. The Bertz CT molecular complexity index is 173. The Morgan fingerprint density at radius 2 is 2.20 bits per heavy atom. The van der Waals surface area contributed by atoms with Crippen molar-refractivity contribution in [3.8, 4) is 0 Å². The van der Waals surface area contributed by atoms with E-state index in [4.69, 9.17) is 0 Å². The molecule has 0 bridgehead atoms. The summed E-state index contributed by atoms with van der Waals surface area (Å²) in [6, 6.07) is 0.674. The molecule has 0 radical (unpaired) electrons. The summed E-state index contributed by atoms with van der Waals surface area (Å²) in [5.41, 5.74) is 0. The molecule has 0 spiro atoms. The number of hydrogen-bond acceptors (Lipinski definition) is 3. The van der Waals surface area contributed by atoms with E-state index in [1.54, 1.807) is 0 Å². The minimum absolute atomic E-state index is 0.129. The van der Waals surface area contributed by atoms with E-state index in [1.807, 2.05) is 0 Å². The smallest absolute Gasteiger partial charge is 0.0667 e. The average molecular weight is 214 g/mol. The highest BCUT2D eigenvalue weighted by atomic mass is 16.3. The molecular weight excluding hydrogens is 188 g/mol. The van der Waals surface area contributed by atoms with Crippen molar-refractivity contribution in [2.45, 2.75) is 44.8 Å². The normalized spacial score (nSPS) is 25.8. The molecule has 3 heteroatoms. The minimum Gasteiger partial charge on any atom is -0.392 e. The van der Waals surface area contributed by atoms with E-state index in [0.29, 0.717) is 6.04 Å². The maximum atomic E-state index is 9.77. The fourth-order valence-corrected chi connectivity index (χ4v) is 2.34. The topological polar surface area (TPSA) is 26.7 Å². The molecule has 1 saturated heterocycles. The third-order valence-electron chi connectivity index (χ3n) is 3.30. The molecule has 15 heavy (non-hydrogen) atoms. The van der Waals surface area contributed by atoms with E-state index in [1.165, 1.54) is 12.8 Å². The highest BCUT2D eigenvalue weighted by Gasteiger charge is 2.22. The molecule has 2 atom stereocenters. The lowest BCUT2D eigenvalue weighted by Crippen LogP contribution is -2.47. The van der Waals surface area contributed by atoms with E-state index in [-0.39, 0.29) is 6.10 Å². The molecule has 2 unspecified atom stereocenters. The van der Waals surface area contributed by atoms with E-state index < -0.39 is 0 Å². The van der Waals surface area contributed by atoms with Crippen LogP contribution in [0.1, 0.15) is 32.6 Å². The van der Waals surface area contributed by atoms with Crippen molar-refractivity contribution in [3.63, 3.8) is 0 Å². The lowest BCUT2D eigenvalue weighted by molar-refractivity contribution is 0.0679. The molecule has 1 aliphatic rings. The molecule has 1 N–H and O–H groups in total. The molecular formula is C12H26N2O. The van der Waals surface area contributed by atoms with Crippen molar-refractivity contribution in [2.24, 2.45) is 0 Å². The molecule has 0 aromatic carbocycles. The maximum Gasteiger partial charge on any atom is 0.0667 e. The van der Waals surface area contributed by atoms with E-state index in [9.17, 15) is 5.11 Å². The maximum absolute atomic E-state index is 9.77. The first-order valence-corrected chi connectivity index (χ1v) is 6.20. The van der Waals surface area contributed by atoms with Crippen LogP contribution in [0.4, 0.5) is 0 Å². The Balaban J connectivity index is 2.29. The Morgan fingerprint density at radius 3 is 2.80 bits per heavy atom. The van der Waals surface area contributed by atoms with Crippen LogP contribution in [0.25, 0.3) is 0 Å². The zero-order valence-corrected chi connectivity index (χ0v) is 10.4. The van der Waals surface area contributed by atoms with Gasteiger partial charge in [0.05, 0.1) is 6.10 Å². The molecule has 1 rings (SSSR count). The molecule has 1 aliphatic heterocycles. The Kier molecular flexibility index (Phi) is 5.58. The van der Waals surface area contributed by atoms with Crippen LogP contribution in [0.3, 0.4) is 0 Å². The zero-order valence-electron chi connectivity index (χ0n) is 10.4. The zero-order chi connectivity index (χ0) is 11.3. The van der Waals surface area contributed by atoms with Crippen molar-refractivity contribution in [1.82, 2.24) is 9.80 Å².